The molecule has 17 heavy (non-hydrogen) atoms. The van der Waals surface area contributed by atoms with Gasteiger partial charge in [0.2, 0.25) is 0 Å². The van der Waals surface area contributed by atoms with Crippen LogP contribution >= 0.6 is 0 Å². The predicted molar refractivity (Wildman–Crippen MR) is 55.7 cm³/mol. The Morgan fingerprint density at radius 2 is 1.59 bits per heavy atom. The van der Waals surface area contributed by atoms with Crippen molar-refractivity contribution in [1.29, 1.82) is 0 Å². The Kier molecular flexibility index (Phi) is 2.65. The molecule has 0 radical (unpaired) electrons. The number of halogens is 3. The molecule has 0 aliphatic rings. The summed E-state index contributed by atoms with van der Waals surface area (Å²) < 4.78 is 39.9. The fraction of sp³-hybridized carbons (Fsp3) is 0.273. The molecule has 0 saturated heterocycles. The normalized spacial score (nSPS) is 11.8. The van der Waals surface area contributed by atoms with E-state index in [0.29, 0.717) is 16.7 Å². The predicted octanol–water partition coefficient (Wildman–Crippen LogP) is 3.15. The van der Waals surface area contributed by atoms with E-state index in [1.54, 1.807) is 13.8 Å². The third-order valence-electron chi connectivity index (χ3n) is 2.28. The van der Waals surface area contributed by atoms with Gasteiger partial charge < -0.3 is 4.74 Å². The van der Waals surface area contributed by atoms with Crippen molar-refractivity contribution in [2.24, 2.45) is 0 Å². The monoisotopic (exact) mass is 242 g/mol. The van der Waals surface area contributed by atoms with E-state index in [2.05, 4.69) is 14.7 Å². The van der Waals surface area contributed by atoms with Crippen LogP contribution in [0.5, 0.6) is 5.75 Å². The summed E-state index contributed by atoms with van der Waals surface area (Å²) >= 11 is 0. The smallest absolute Gasteiger partial charge is 0.406 e. The molecule has 0 bridgehead atoms. The van der Waals surface area contributed by atoms with Gasteiger partial charge in [0, 0.05) is 6.07 Å². The molecule has 0 amide bonds. The van der Waals surface area contributed by atoms with Crippen molar-refractivity contribution >= 4 is 11.0 Å². The zero-order chi connectivity index (χ0) is 12.6. The molecule has 0 unspecified atom stereocenters. The van der Waals surface area contributed by atoms with Crippen molar-refractivity contribution in [3.05, 3.63) is 29.6 Å². The van der Waals surface area contributed by atoms with Gasteiger partial charge in [-0.05, 0) is 26.0 Å². The number of aryl methyl sites for hydroxylation is 2. The van der Waals surface area contributed by atoms with Crippen molar-refractivity contribution in [2.75, 3.05) is 0 Å². The molecular formula is C11H9F3N2O. The van der Waals surface area contributed by atoms with Gasteiger partial charge in [0.1, 0.15) is 5.75 Å². The van der Waals surface area contributed by atoms with E-state index in [4.69, 9.17) is 0 Å². The number of alkyl halides is 3. The number of fused-ring (bicyclic) bond motifs is 1. The molecule has 0 saturated carbocycles. The maximum Gasteiger partial charge on any atom is 0.573 e. The van der Waals surface area contributed by atoms with E-state index in [0.717, 1.165) is 5.69 Å². The first-order valence-corrected chi connectivity index (χ1v) is 4.86. The van der Waals surface area contributed by atoms with E-state index < -0.39 is 6.36 Å². The van der Waals surface area contributed by atoms with Crippen molar-refractivity contribution in [3.63, 3.8) is 0 Å². The minimum atomic E-state index is -4.69. The average Bonchev–Trinajstić information content (AvgIpc) is 2.18. The van der Waals surface area contributed by atoms with Gasteiger partial charge in [-0.25, -0.2) is 9.97 Å². The molecule has 1 heterocycles. The molecule has 90 valence electrons. The molecule has 0 aliphatic heterocycles. The summed E-state index contributed by atoms with van der Waals surface area (Å²) in [6, 6.07) is 3.90. The van der Waals surface area contributed by atoms with Crippen molar-refractivity contribution < 1.29 is 17.9 Å². The molecule has 3 nitrogen and oxygen atoms in total. The second-order valence-electron chi connectivity index (χ2n) is 3.59. The first kappa shape index (κ1) is 11.6. The molecular weight excluding hydrogens is 233 g/mol. The zero-order valence-corrected chi connectivity index (χ0v) is 9.17. The highest BCUT2D eigenvalue weighted by molar-refractivity contribution is 5.76. The number of ether oxygens (including phenoxy) is 1. The van der Waals surface area contributed by atoms with Crippen LogP contribution in [-0.2, 0) is 0 Å². The van der Waals surface area contributed by atoms with Crippen molar-refractivity contribution in [3.8, 4) is 5.75 Å². The summed E-state index contributed by atoms with van der Waals surface area (Å²) in [5.74, 6) is -0.289. The van der Waals surface area contributed by atoms with Crippen LogP contribution in [0.4, 0.5) is 13.2 Å². The summed E-state index contributed by atoms with van der Waals surface area (Å²) in [7, 11) is 0. The zero-order valence-electron chi connectivity index (χ0n) is 9.17. The number of aromatic nitrogens is 2. The standard InChI is InChI=1S/C11H9F3N2O/c1-6-7(2)16-10-5-8(17-11(12,13)14)3-4-9(10)15-6/h3-5H,1-2H3. The fourth-order valence-corrected chi connectivity index (χ4v) is 1.41. The first-order valence-electron chi connectivity index (χ1n) is 4.86. The third kappa shape index (κ3) is 2.64. The van der Waals surface area contributed by atoms with E-state index in [1.807, 2.05) is 0 Å². The molecule has 0 N–H and O–H groups in total. The van der Waals surface area contributed by atoms with E-state index >= 15 is 0 Å². The highest BCUT2D eigenvalue weighted by Gasteiger charge is 2.31. The van der Waals surface area contributed by atoms with Gasteiger partial charge in [0.25, 0.3) is 0 Å². The van der Waals surface area contributed by atoms with E-state index in [9.17, 15) is 13.2 Å². The van der Waals surface area contributed by atoms with Crippen LogP contribution in [-0.4, -0.2) is 16.3 Å². The lowest BCUT2D eigenvalue weighted by Crippen LogP contribution is -2.17. The molecule has 0 spiro atoms. The van der Waals surface area contributed by atoms with E-state index in [1.165, 1.54) is 18.2 Å². The summed E-state index contributed by atoms with van der Waals surface area (Å²) in [4.78, 5) is 8.37. The van der Waals surface area contributed by atoms with Crippen LogP contribution in [0.1, 0.15) is 11.4 Å². The van der Waals surface area contributed by atoms with Crippen molar-refractivity contribution in [2.45, 2.75) is 20.2 Å². The fourth-order valence-electron chi connectivity index (χ4n) is 1.41. The average molecular weight is 242 g/mol. The molecule has 0 aliphatic carbocycles. The van der Waals surface area contributed by atoms with Crippen LogP contribution in [0, 0.1) is 13.8 Å². The van der Waals surface area contributed by atoms with Gasteiger partial charge >= 0.3 is 6.36 Å². The maximum absolute atomic E-state index is 12.0. The molecule has 2 aromatic rings. The topological polar surface area (TPSA) is 35.0 Å². The molecule has 0 atom stereocenters. The lowest BCUT2D eigenvalue weighted by Gasteiger charge is -2.09. The Morgan fingerprint density at radius 1 is 1.00 bits per heavy atom. The van der Waals surface area contributed by atoms with Gasteiger partial charge in [-0.3, -0.25) is 0 Å². The number of nitrogens with zero attached hydrogens (tertiary/aromatic N) is 2. The van der Waals surface area contributed by atoms with Crippen LogP contribution < -0.4 is 4.74 Å². The van der Waals surface area contributed by atoms with Gasteiger partial charge in [-0.1, -0.05) is 0 Å². The number of hydrogen-bond donors (Lipinski definition) is 0. The van der Waals surface area contributed by atoms with Crippen LogP contribution in [0.3, 0.4) is 0 Å². The Morgan fingerprint density at radius 3 is 2.18 bits per heavy atom. The second kappa shape index (κ2) is 3.87. The molecule has 1 aromatic carbocycles. The Balaban J connectivity index is 2.47. The number of hydrogen-bond acceptors (Lipinski definition) is 3. The summed E-state index contributed by atoms with van der Waals surface area (Å²) in [5.41, 5.74) is 2.36. The highest BCUT2D eigenvalue weighted by atomic mass is 19.4. The van der Waals surface area contributed by atoms with Gasteiger partial charge in [0.05, 0.1) is 22.4 Å². The van der Waals surface area contributed by atoms with Crippen LogP contribution in [0.25, 0.3) is 11.0 Å². The van der Waals surface area contributed by atoms with Gasteiger partial charge in [0.15, 0.2) is 0 Å². The minimum absolute atomic E-state index is 0.289. The molecule has 6 heteroatoms. The minimum Gasteiger partial charge on any atom is -0.406 e. The second-order valence-corrected chi connectivity index (χ2v) is 3.59. The largest absolute Gasteiger partial charge is 0.573 e. The Bertz CT molecular complexity index is 566. The molecule has 1 aromatic heterocycles. The number of benzene rings is 1. The highest BCUT2D eigenvalue weighted by Crippen LogP contribution is 2.25. The lowest BCUT2D eigenvalue weighted by molar-refractivity contribution is -0.274. The van der Waals surface area contributed by atoms with E-state index in [-0.39, 0.29) is 5.75 Å². The van der Waals surface area contributed by atoms with Gasteiger partial charge in [-0.2, -0.15) is 0 Å². The van der Waals surface area contributed by atoms with Gasteiger partial charge in [-0.15, -0.1) is 13.2 Å². The Labute approximate surface area is 95.3 Å². The first-order chi connectivity index (χ1) is 7.85. The summed E-state index contributed by atoms with van der Waals surface area (Å²) in [6.07, 6.45) is -4.69. The molecule has 2 rings (SSSR count). The Hall–Kier alpha value is -1.85. The van der Waals surface area contributed by atoms with Crippen molar-refractivity contribution in [1.82, 2.24) is 9.97 Å². The van der Waals surface area contributed by atoms with Crippen LogP contribution in [0.2, 0.25) is 0 Å². The third-order valence-corrected chi connectivity index (χ3v) is 2.28. The SMILES string of the molecule is Cc1nc2ccc(OC(F)(F)F)cc2nc1C. The van der Waals surface area contributed by atoms with Crippen LogP contribution in [0.15, 0.2) is 18.2 Å². The summed E-state index contributed by atoms with van der Waals surface area (Å²) in [6.45, 7) is 3.54. The molecule has 0 fully saturated rings. The lowest BCUT2D eigenvalue weighted by atomic mass is 10.2. The summed E-state index contributed by atoms with van der Waals surface area (Å²) in [5, 5.41) is 0. The number of rotatable bonds is 1. The quantitative estimate of drug-likeness (QED) is 0.770. The maximum atomic E-state index is 12.0.